The molecule has 2 heterocycles. The Hall–Kier alpha value is -1.73. The Morgan fingerprint density at radius 3 is 2.91 bits per heavy atom. The third-order valence-corrected chi connectivity index (χ3v) is 4.43. The number of carbonyl (C=O) groups is 1. The van der Waals surface area contributed by atoms with Gasteiger partial charge in [-0.3, -0.25) is 4.79 Å². The van der Waals surface area contributed by atoms with Gasteiger partial charge in [0.25, 0.3) is 5.91 Å². The van der Waals surface area contributed by atoms with Crippen LogP contribution in [0.15, 0.2) is 6.33 Å². The number of anilines is 1. The Bertz CT molecular complexity index is 642. The maximum Gasteiger partial charge on any atom is 0.261 e. The van der Waals surface area contributed by atoms with E-state index in [1.807, 2.05) is 20.8 Å². The number of amides is 1. The molecule has 2 aromatic rings. The summed E-state index contributed by atoms with van der Waals surface area (Å²) in [7, 11) is 0. The molecule has 0 aromatic carbocycles. The quantitative estimate of drug-likeness (QED) is 0.731. The molecule has 0 aliphatic heterocycles. The summed E-state index contributed by atoms with van der Waals surface area (Å²) in [5.41, 5.74) is 0.929. The molecule has 0 fully saturated rings. The van der Waals surface area contributed by atoms with Gasteiger partial charge in [0.2, 0.25) is 0 Å². The molecule has 0 atom stereocenters. The lowest BCUT2D eigenvalue weighted by atomic mass is 10.2. The van der Waals surface area contributed by atoms with E-state index in [1.54, 1.807) is 0 Å². The first-order valence-electron chi connectivity index (χ1n) is 7.52. The zero-order valence-electron chi connectivity index (χ0n) is 13.2. The fourth-order valence-corrected chi connectivity index (χ4v) is 3.26. The van der Waals surface area contributed by atoms with E-state index in [2.05, 4.69) is 20.6 Å². The van der Waals surface area contributed by atoms with Gasteiger partial charge in [0.05, 0.1) is 10.3 Å². The first-order chi connectivity index (χ1) is 10.7. The maximum atomic E-state index is 12.3. The Morgan fingerprint density at radius 1 is 1.36 bits per heavy atom. The van der Waals surface area contributed by atoms with Gasteiger partial charge in [-0.15, -0.1) is 11.3 Å². The monoisotopic (exact) mass is 322 g/mol. The molecule has 0 bridgehead atoms. The van der Waals surface area contributed by atoms with E-state index < -0.39 is 0 Å². The third kappa shape index (κ3) is 3.72. The topological polar surface area (TPSA) is 76.1 Å². The number of hydrogen-bond acceptors (Lipinski definition) is 6. The first-order valence-corrected chi connectivity index (χ1v) is 8.34. The lowest BCUT2D eigenvalue weighted by Crippen LogP contribution is -2.25. The van der Waals surface area contributed by atoms with E-state index >= 15 is 0 Å². The van der Waals surface area contributed by atoms with E-state index in [9.17, 15) is 4.79 Å². The van der Waals surface area contributed by atoms with Gasteiger partial charge >= 0.3 is 0 Å². The normalized spacial score (nSPS) is 10.9. The molecule has 2 N–H and O–H groups in total. The van der Waals surface area contributed by atoms with Crippen molar-refractivity contribution in [1.29, 1.82) is 0 Å². The van der Waals surface area contributed by atoms with Crippen molar-refractivity contribution in [1.82, 2.24) is 15.3 Å². The van der Waals surface area contributed by atoms with Gasteiger partial charge in [-0.05, 0) is 32.8 Å². The number of fused-ring (bicyclic) bond motifs is 1. The average molecular weight is 322 g/mol. The molecular formula is C15H22N4O2S. The predicted molar refractivity (Wildman–Crippen MR) is 89.8 cm³/mol. The second kappa shape index (κ2) is 8.05. The number of aromatic nitrogens is 2. The van der Waals surface area contributed by atoms with E-state index in [0.29, 0.717) is 24.6 Å². The minimum absolute atomic E-state index is 0.0561. The lowest BCUT2D eigenvalue weighted by Gasteiger charge is -2.05. The van der Waals surface area contributed by atoms with E-state index in [4.69, 9.17) is 4.74 Å². The minimum atomic E-state index is -0.0561. The summed E-state index contributed by atoms with van der Waals surface area (Å²) in [4.78, 5) is 22.4. The average Bonchev–Trinajstić information content (AvgIpc) is 2.85. The molecule has 7 heteroatoms. The molecule has 1 amide bonds. The second-order valence-electron chi connectivity index (χ2n) is 4.80. The number of hydrogen-bond donors (Lipinski definition) is 2. The van der Waals surface area contributed by atoms with Gasteiger partial charge in [-0.1, -0.05) is 0 Å². The molecule has 0 radical (unpaired) electrons. The molecule has 0 saturated carbocycles. The standard InChI is InChI=1S/C15H22N4O2S/c1-4-16-13-11-10(3)12(22-15(11)19-9-18-13)14(20)17-7-6-8-21-5-2/h9H,4-8H2,1-3H3,(H,17,20)(H,16,18,19). The summed E-state index contributed by atoms with van der Waals surface area (Å²) in [5, 5.41) is 7.09. The summed E-state index contributed by atoms with van der Waals surface area (Å²) in [6, 6.07) is 0. The van der Waals surface area contributed by atoms with Crippen LogP contribution in [0.5, 0.6) is 0 Å². The van der Waals surface area contributed by atoms with Crippen LogP contribution in [0, 0.1) is 6.92 Å². The van der Waals surface area contributed by atoms with Crippen LogP contribution in [0.25, 0.3) is 10.2 Å². The van der Waals surface area contributed by atoms with Gasteiger partial charge in [-0.25, -0.2) is 9.97 Å². The highest BCUT2D eigenvalue weighted by atomic mass is 32.1. The van der Waals surface area contributed by atoms with Gasteiger partial charge in [0.15, 0.2) is 0 Å². The van der Waals surface area contributed by atoms with Crippen molar-refractivity contribution < 1.29 is 9.53 Å². The molecule has 0 aliphatic rings. The van der Waals surface area contributed by atoms with Crippen molar-refractivity contribution in [2.75, 3.05) is 31.6 Å². The smallest absolute Gasteiger partial charge is 0.261 e. The van der Waals surface area contributed by atoms with E-state index in [0.717, 1.165) is 34.6 Å². The highest BCUT2D eigenvalue weighted by Crippen LogP contribution is 2.33. The summed E-state index contributed by atoms with van der Waals surface area (Å²) in [5.74, 6) is 0.732. The molecule has 2 rings (SSSR count). The molecule has 0 saturated heterocycles. The minimum Gasteiger partial charge on any atom is -0.382 e. The predicted octanol–water partition coefficient (Wildman–Crippen LogP) is 2.59. The number of rotatable bonds is 8. The van der Waals surface area contributed by atoms with Crippen LogP contribution < -0.4 is 10.6 Å². The van der Waals surface area contributed by atoms with Crippen molar-refractivity contribution in [2.45, 2.75) is 27.2 Å². The Morgan fingerprint density at radius 2 is 2.18 bits per heavy atom. The number of carbonyl (C=O) groups excluding carboxylic acids is 1. The van der Waals surface area contributed by atoms with Crippen molar-refractivity contribution >= 4 is 33.3 Å². The zero-order valence-corrected chi connectivity index (χ0v) is 14.0. The number of thiophene rings is 1. The van der Waals surface area contributed by atoms with Crippen molar-refractivity contribution in [3.63, 3.8) is 0 Å². The van der Waals surface area contributed by atoms with Gasteiger partial charge in [0.1, 0.15) is 17.0 Å². The van der Waals surface area contributed by atoms with E-state index in [-0.39, 0.29) is 5.91 Å². The fraction of sp³-hybridized carbons (Fsp3) is 0.533. The Balaban J connectivity index is 2.12. The second-order valence-corrected chi connectivity index (χ2v) is 5.79. The van der Waals surface area contributed by atoms with Crippen LogP contribution in [0.4, 0.5) is 5.82 Å². The summed E-state index contributed by atoms with van der Waals surface area (Å²) in [6.45, 7) is 8.67. The first kappa shape index (κ1) is 16.6. The molecule has 0 aliphatic carbocycles. The van der Waals surface area contributed by atoms with Gasteiger partial charge in [0, 0.05) is 26.3 Å². The summed E-state index contributed by atoms with van der Waals surface area (Å²) < 4.78 is 5.26. The number of nitrogens with zero attached hydrogens (tertiary/aromatic N) is 2. The molecule has 22 heavy (non-hydrogen) atoms. The molecular weight excluding hydrogens is 300 g/mol. The number of nitrogens with one attached hydrogen (secondary N) is 2. The van der Waals surface area contributed by atoms with Gasteiger partial charge in [-0.2, -0.15) is 0 Å². The SMILES string of the molecule is CCNc1ncnc2sc(C(=O)NCCCOCC)c(C)c12. The van der Waals surface area contributed by atoms with Crippen LogP contribution in [-0.4, -0.2) is 42.2 Å². The lowest BCUT2D eigenvalue weighted by molar-refractivity contribution is 0.0948. The van der Waals surface area contributed by atoms with Crippen LogP contribution in [0.3, 0.4) is 0 Å². The van der Waals surface area contributed by atoms with E-state index in [1.165, 1.54) is 17.7 Å². The Labute approximate surface area is 134 Å². The number of ether oxygens (including phenoxy) is 1. The van der Waals surface area contributed by atoms with Crippen molar-refractivity contribution in [3.8, 4) is 0 Å². The van der Waals surface area contributed by atoms with Gasteiger partial charge < -0.3 is 15.4 Å². The molecule has 0 spiro atoms. The van der Waals surface area contributed by atoms with Crippen molar-refractivity contribution in [3.05, 3.63) is 16.8 Å². The molecule has 0 unspecified atom stereocenters. The largest absolute Gasteiger partial charge is 0.382 e. The molecule has 6 nitrogen and oxygen atoms in total. The third-order valence-electron chi connectivity index (χ3n) is 3.23. The van der Waals surface area contributed by atoms with Crippen LogP contribution >= 0.6 is 11.3 Å². The highest BCUT2D eigenvalue weighted by molar-refractivity contribution is 7.20. The summed E-state index contributed by atoms with van der Waals surface area (Å²) >= 11 is 1.41. The van der Waals surface area contributed by atoms with Crippen LogP contribution in [-0.2, 0) is 4.74 Å². The maximum absolute atomic E-state index is 12.3. The number of aryl methyl sites for hydroxylation is 1. The van der Waals surface area contributed by atoms with Crippen molar-refractivity contribution in [2.24, 2.45) is 0 Å². The highest BCUT2D eigenvalue weighted by Gasteiger charge is 2.18. The Kier molecular flexibility index (Phi) is 6.09. The zero-order chi connectivity index (χ0) is 15.9. The van der Waals surface area contributed by atoms with Crippen LogP contribution in [0.1, 0.15) is 35.5 Å². The summed E-state index contributed by atoms with van der Waals surface area (Å²) in [6.07, 6.45) is 2.34. The molecule has 2 aromatic heterocycles. The van der Waals surface area contributed by atoms with Crippen LogP contribution in [0.2, 0.25) is 0 Å². The molecule has 120 valence electrons. The fourth-order valence-electron chi connectivity index (χ4n) is 2.19.